The maximum absolute atomic E-state index is 13.0. The van der Waals surface area contributed by atoms with Crippen LogP contribution in [0.3, 0.4) is 0 Å². The highest BCUT2D eigenvalue weighted by Gasteiger charge is 2.36. The quantitative estimate of drug-likeness (QED) is 0.836. The SMILES string of the molecule is CN1C[C@@H]2COC[C@H](C1)N(C(=O)c1ccc3nc(C(F)(F)F)[nH]c3c1)C2. The van der Waals surface area contributed by atoms with Crippen molar-refractivity contribution in [2.45, 2.75) is 12.2 Å². The molecular weight excluding hydrogens is 349 g/mol. The van der Waals surface area contributed by atoms with Crippen LogP contribution >= 0.6 is 0 Å². The molecule has 140 valence electrons. The van der Waals surface area contributed by atoms with Crippen LogP contribution in [-0.4, -0.2) is 71.6 Å². The van der Waals surface area contributed by atoms with E-state index in [1.165, 1.54) is 18.2 Å². The van der Waals surface area contributed by atoms with E-state index in [2.05, 4.69) is 14.9 Å². The zero-order valence-corrected chi connectivity index (χ0v) is 14.2. The van der Waals surface area contributed by atoms with Gasteiger partial charge in [-0.2, -0.15) is 13.2 Å². The molecule has 0 radical (unpaired) electrons. The lowest BCUT2D eigenvalue weighted by molar-refractivity contribution is -0.144. The molecule has 3 heterocycles. The van der Waals surface area contributed by atoms with Crippen LogP contribution < -0.4 is 0 Å². The highest BCUT2D eigenvalue weighted by atomic mass is 19.4. The lowest BCUT2D eigenvalue weighted by atomic mass is 10.1. The summed E-state index contributed by atoms with van der Waals surface area (Å²) in [5.41, 5.74) is 0.742. The number of imidazole rings is 1. The van der Waals surface area contributed by atoms with Crippen molar-refractivity contribution in [3.63, 3.8) is 0 Å². The molecule has 26 heavy (non-hydrogen) atoms. The van der Waals surface area contributed by atoms with E-state index in [9.17, 15) is 18.0 Å². The van der Waals surface area contributed by atoms with Gasteiger partial charge >= 0.3 is 6.18 Å². The Hall–Kier alpha value is -2.13. The first kappa shape index (κ1) is 17.3. The molecule has 0 spiro atoms. The number of likely N-dealkylation sites (N-methyl/N-ethyl adjacent to an activating group) is 1. The number of amides is 1. The number of hydrogen-bond donors (Lipinski definition) is 1. The predicted octanol–water partition coefficient (Wildman–Crippen LogP) is 1.98. The summed E-state index contributed by atoms with van der Waals surface area (Å²) in [6.45, 7) is 3.24. The third-order valence-electron chi connectivity index (χ3n) is 4.91. The molecular formula is C17H19F3N4O2. The second kappa shape index (κ2) is 6.24. The zero-order chi connectivity index (χ0) is 18.5. The molecule has 9 heteroatoms. The smallest absolute Gasteiger partial charge is 0.379 e. The van der Waals surface area contributed by atoms with Crippen molar-refractivity contribution < 1.29 is 22.7 Å². The van der Waals surface area contributed by atoms with Gasteiger partial charge in [0, 0.05) is 31.1 Å². The lowest BCUT2D eigenvalue weighted by Crippen LogP contribution is -2.45. The molecule has 1 aromatic carbocycles. The van der Waals surface area contributed by atoms with Gasteiger partial charge in [0.25, 0.3) is 5.91 Å². The Bertz CT molecular complexity index is 835. The van der Waals surface area contributed by atoms with E-state index in [0.717, 1.165) is 6.54 Å². The molecule has 2 aliphatic heterocycles. The summed E-state index contributed by atoms with van der Waals surface area (Å²) >= 11 is 0. The summed E-state index contributed by atoms with van der Waals surface area (Å²) in [6, 6.07) is 4.36. The molecule has 0 saturated carbocycles. The van der Waals surface area contributed by atoms with Crippen LogP contribution in [0.4, 0.5) is 13.2 Å². The number of carbonyl (C=O) groups is 1. The maximum Gasteiger partial charge on any atom is 0.449 e. The van der Waals surface area contributed by atoms with Gasteiger partial charge in [0.1, 0.15) is 0 Å². The summed E-state index contributed by atoms with van der Waals surface area (Å²) in [6.07, 6.45) is -4.55. The Labute approximate surface area is 147 Å². The zero-order valence-electron chi connectivity index (χ0n) is 14.2. The molecule has 2 aliphatic rings. The number of rotatable bonds is 1. The fourth-order valence-electron chi connectivity index (χ4n) is 3.77. The standard InChI is InChI=1S/C17H19F3N4O2/c1-23-5-10-6-24(12(7-23)9-26-8-10)15(25)11-2-3-13-14(4-11)22-16(21-13)17(18,19)20/h2-4,10,12H,5-9H2,1H3,(H,21,22)/t10-,12-/m0/s1. The number of benzene rings is 1. The number of alkyl halides is 3. The van der Waals surface area contributed by atoms with Crippen LogP contribution in [-0.2, 0) is 10.9 Å². The average molecular weight is 368 g/mol. The lowest BCUT2D eigenvalue weighted by Gasteiger charge is -2.29. The number of halogens is 3. The number of nitrogens with one attached hydrogen (secondary N) is 1. The van der Waals surface area contributed by atoms with Crippen molar-refractivity contribution in [3.05, 3.63) is 29.6 Å². The van der Waals surface area contributed by atoms with Crippen molar-refractivity contribution >= 4 is 16.9 Å². The number of hydrogen-bond acceptors (Lipinski definition) is 4. The minimum atomic E-state index is -4.55. The van der Waals surface area contributed by atoms with Gasteiger partial charge in [0.05, 0.1) is 30.3 Å². The first-order valence-corrected chi connectivity index (χ1v) is 8.45. The number of fused-ring (bicyclic) bond motifs is 4. The molecule has 1 aromatic heterocycles. The largest absolute Gasteiger partial charge is 0.449 e. The van der Waals surface area contributed by atoms with Crippen molar-refractivity contribution in [2.24, 2.45) is 5.92 Å². The van der Waals surface area contributed by atoms with Crippen LogP contribution in [0.2, 0.25) is 0 Å². The fourth-order valence-corrected chi connectivity index (χ4v) is 3.77. The first-order chi connectivity index (χ1) is 12.3. The number of aromatic nitrogens is 2. The van der Waals surface area contributed by atoms with Crippen molar-refractivity contribution in [3.8, 4) is 0 Å². The third kappa shape index (κ3) is 3.16. The fraction of sp³-hybridized carbons (Fsp3) is 0.529. The second-order valence-electron chi connectivity index (χ2n) is 7.05. The third-order valence-corrected chi connectivity index (χ3v) is 4.91. The Morgan fingerprint density at radius 1 is 1.27 bits per heavy atom. The highest BCUT2D eigenvalue weighted by molar-refractivity contribution is 5.97. The Morgan fingerprint density at radius 3 is 2.85 bits per heavy atom. The number of aromatic amines is 1. The van der Waals surface area contributed by atoms with E-state index in [0.29, 0.717) is 31.9 Å². The van der Waals surface area contributed by atoms with E-state index in [1.54, 1.807) is 4.90 Å². The van der Waals surface area contributed by atoms with Crippen LogP contribution in [0.1, 0.15) is 16.2 Å². The molecule has 2 bridgehead atoms. The number of H-pyrrole nitrogens is 1. The normalized spacial score (nSPS) is 24.7. The van der Waals surface area contributed by atoms with Gasteiger partial charge in [-0.3, -0.25) is 4.79 Å². The summed E-state index contributed by atoms with van der Waals surface area (Å²) in [4.78, 5) is 22.8. The topological polar surface area (TPSA) is 61.5 Å². The molecule has 1 N–H and O–H groups in total. The molecule has 2 aromatic rings. The molecule has 2 fully saturated rings. The van der Waals surface area contributed by atoms with Crippen LogP contribution in [0.25, 0.3) is 11.0 Å². The Morgan fingerprint density at radius 2 is 2.08 bits per heavy atom. The average Bonchev–Trinajstić information content (AvgIpc) is 2.82. The number of ether oxygens (including phenoxy) is 1. The van der Waals surface area contributed by atoms with E-state index < -0.39 is 12.0 Å². The van der Waals surface area contributed by atoms with E-state index in [-0.39, 0.29) is 28.9 Å². The minimum Gasteiger partial charge on any atom is -0.379 e. The van der Waals surface area contributed by atoms with E-state index in [4.69, 9.17) is 4.74 Å². The van der Waals surface area contributed by atoms with Gasteiger partial charge in [0.15, 0.2) is 0 Å². The van der Waals surface area contributed by atoms with Gasteiger partial charge in [0.2, 0.25) is 5.82 Å². The van der Waals surface area contributed by atoms with Crippen LogP contribution in [0.15, 0.2) is 18.2 Å². The van der Waals surface area contributed by atoms with Crippen molar-refractivity contribution in [1.82, 2.24) is 19.8 Å². The Balaban J connectivity index is 1.65. The molecule has 0 unspecified atom stereocenters. The number of nitrogens with zero attached hydrogens (tertiary/aromatic N) is 3. The van der Waals surface area contributed by atoms with Gasteiger partial charge < -0.3 is 19.5 Å². The van der Waals surface area contributed by atoms with Gasteiger partial charge in [-0.15, -0.1) is 0 Å². The first-order valence-electron chi connectivity index (χ1n) is 8.45. The summed E-state index contributed by atoms with van der Waals surface area (Å²) in [5.74, 6) is -1.02. The summed E-state index contributed by atoms with van der Waals surface area (Å²) in [5, 5.41) is 0. The van der Waals surface area contributed by atoms with E-state index >= 15 is 0 Å². The molecule has 6 nitrogen and oxygen atoms in total. The second-order valence-corrected chi connectivity index (χ2v) is 7.05. The molecule has 2 atom stereocenters. The number of carbonyl (C=O) groups excluding carboxylic acids is 1. The molecule has 2 saturated heterocycles. The molecule has 4 rings (SSSR count). The van der Waals surface area contributed by atoms with Crippen LogP contribution in [0, 0.1) is 5.92 Å². The van der Waals surface area contributed by atoms with E-state index in [1.807, 2.05) is 7.05 Å². The van der Waals surface area contributed by atoms with Gasteiger partial charge in [-0.05, 0) is 25.2 Å². The van der Waals surface area contributed by atoms with Crippen molar-refractivity contribution in [2.75, 3.05) is 39.9 Å². The highest BCUT2D eigenvalue weighted by Crippen LogP contribution is 2.29. The molecule has 1 amide bonds. The Kier molecular flexibility index (Phi) is 4.15. The minimum absolute atomic E-state index is 0.0665. The summed E-state index contributed by atoms with van der Waals surface area (Å²) in [7, 11) is 2.02. The summed E-state index contributed by atoms with van der Waals surface area (Å²) < 4.78 is 44.1. The van der Waals surface area contributed by atoms with Gasteiger partial charge in [-0.1, -0.05) is 0 Å². The predicted molar refractivity (Wildman–Crippen MR) is 87.7 cm³/mol. The monoisotopic (exact) mass is 368 g/mol. The molecule has 0 aliphatic carbocycles. The van der Waals surface area contributed by atoms with Gasteiger partial charge in [-0.25, -0.2) is 4.98 Å². The van der Waals surface area contributed by atoms with Crippen molar-refractivity contribution in [1.29, 1.82) is 0 Å². The maximum atomic E-state index is 13.0. The van der Waals surface area contributed by atoms with Crippen LogP contribution in [0.5, 0.6) is 0 Å².